The van der Waals surface area contributed by atoms with Crippen molar-refractivity contribution in [2.24, 2.45) is 0 Å². The van der Waals surface area contributed by atoms with Crippen molar-refractivity contribution in [2.75, 3.05) is 32.5 Å². The predicted molar refractivity (Wildman–Crippen MR) is 118 cm³/mol. The van der Waals surface area contributed by atoms with E-state index in [1.165, 1.54) is 11.1 Å². The Morgan fingerprint density at radius 1 is 1.17 bits per heavy atom. The summed E-state index contributed by atoms with van der Waals surface area (Å²) in [6, 6.07) is 8.16. The summed E-state index contributed by atoms with van der Waals surface area (Å²) >= 11 is 0. The zero-order valence-corrected chi connectivity index (χ0v) is 18.3. The summed E-state index contributed by atoms with van der Waals surface area (Å²) in [7, 11) is 1.68. The molecular formula is C23H31N5O2. The molecule has 3 aromatic rings. The molecule has 0 saturated carbocycles. The number of benzene rings is 1. The molecule has 1 aliphatic heterocycles. The molecule has 0 radical (unpaired) electrons. The maximum Gasteiger partial charge on any atom is 0.161 e. The first-order chi connectivity index (χ1) is 14.5. The number of hydrogen-bond donors (Lipinski definition) is 1. The third-order valence-electron chi connectivity index (χ3n) is 5.84. The van der Waals surface area contributed by atoms with E-state index in [1.54, 1.807) is 11.6 Å². The van der Waals surface area contributed by atoms with Gasteiger partial charge in [-0.2, -0.15) is 9.61 Å². The number of ether oxygens (including phenoxy) is 2. The summed E-state index contributed by atoms with van der Waals surface area (Å²) in [6.07, 6.45) is 2.27. The highest BCUT2D eigenvalue weighted by molar-refractivity contribution is 5.49. The highest BCUT2D eigenvalue weighted by Crippen LogP contribution is 2.33. The smallest absolute Gasteiger partial charge is 0.161 e. The lowest BCUT2D eigenvalue weighted by atomic mass is 9.93. The van der Waals surface area contributed by atoms with Crippen molar-refractivity contribution in [1.82, 2.24) is 19.5 Å². The molecule has 7 nitrogen and oxygen atoms in total. The lowest BCUT2D eigenvalue weighted by molar-refractivity contribution is 0.198. The van der Waals surface area contributed by atoms with Gasteiger partial charge in [-0.15, -0.1) is 0 Å². The highest BCUT2D eigenvalue weighted by Gasteiger charge is 2.24. The molecule has 1 aliphatic rings. The maximum absolute atomic E-state index is 6.25. The molecular weight excluding hydrogens is 378 g/mol. The zero-order chi connectivity index (χ0) is 21.3. The van der Waals surface area contributed by atoms with Crippen molar-refractivity contribution in [3.05, 3.63) is 46.8 Å². The van der Waals surface area contributed by atoms with Gasteiger partial charge in [0, 0.05) is 31.1 Å². The van der Waals surface area contributed by atoms with Crippen LogP contribution in [0.2, 0.25) is 0 Å². The number of piperidine rings is 1. The molecule has 1 fully saturated rings. The third-order valence-corrected chi connectivity index (χ3v) is 5.84. The van der Waals surface area contributed by atoms with Crippen LogP contribution in [-0.2, 0) is 6.54 Å². The molecule has 7 heteroatoms. The summed E-state index contributed by atoms with van der Waals surface area (Å²) < 4.78 is 13.0. The second-order valence-electron chi connectivity index (χ2n) is 8.10. The summed E-state index contributed by atoms with van der Waals surface area (Å²) in [5.74, 6) is 2.61. The average molecular weight is 410 g/mol. The van der Waals surface area contributed by atoms with Gasteiger partial charge in [0.2, 0.25) is 0 Å². The van der Waals surface area contributed by atoms with E-state index in [0.717, 1.165) is 61.0 Å². The molecule has 30 heavy (non-hydrogen) atoms. The monoisotopic (exact) mass is 409 g/mol. The molecule has 0 amide bonds. The third kappa shape index (κ3) is 4.07. The van der Waals surface area contributed by atoms with Crippen molar-refractivity contribution in [2.45, 2.75) is 46.1 Å². The zero-order valence-electron chi connectivity index (χ0n) is 18.3. The quantitative estimate of drug-likeness (QED) is 0.669. The van der Waals surface area contributed by atoms with Gasteiger partial charge in [0.15, 0.2) is 17.1 Å². The molecule has 1 aromatic carbocycles. The van der Waals surface area contributed by atoms with Gasteiger partial charge in [-0.3, -0.25) is 4.90 Å². The summed E-state index contributed by atoms with van der Waals surface area (Å²) in [6.45, 7) is 9.63. The lowest BCUT2D eigenvalue weighted by Crippen LogP contribution is -2.34. The lowest BCUT2D eigenvalue weighted by Gasteiger charge is -2.33. The van der Waals surface area contributed by atoms with E-state index in [1.807, 2.05) is 26.0 Å². The Hall–Kier alpha value is -2.80. The molecule has 2 aromatic heterocycles. The van der Waals surface area contributed by atoms with Crippen LogP contribution in [0.5, 0.6) is 11.5 Å². The number of anilines is 1. The fraction of sp³-hybridized carbons (Fsp3) is 0.478. The van der Waals surface area contributed by atoms with Gasteiger partial charge in [0.1, 0.15) is 5.82 Å². The molecule has 2 N–H and O–H groups in total. The molecule has 0 spiro atoms. The minimum Gasteiger partial charge on any atom is -0.493 e. The van der Waals surface area contributed by atoms with Gasteiger partial charge in [-0.05, 0) is 63.4 Å². The Bertz CT molecular complexity index is 1050. The minimum absolute atomic E-state index is 0.367. The van der Waals surface area contributed by atoms with Gasteiger partial charge >= 0.3 is 0 Å². The van der Waals surface area contributed by atoms with Crippen molar-refractivity contribution >= 4 is 11.5 Å². The van der Waals surface area contributed by atoms with E-state index >= 15 is 0 Å². The first-order valence-electron chi connectivity index (χ1n) is 10.6. The Labute approximate surface area is 177 Å². The van der Waals surface area contributed by atoms with Crippen LogP contribution in [0, 0.1) is 13.8 Å². The van der Waals surface area contributed by atoms with E-state index < -0.39 is 0 Å². The van der Waals surface area contributed by atoms with E-state index in [4.69, 9.17) is 20.2 Å². The Morgan fingerprint density at radius 2 is 2.00 bits per heavy atom. The van der Waals surface area contributed by atoms with Gasteiger partial charge in [-0.1, -0.05) is 0 Å². The number of nitrogens with two attached hydrogens (primary N) is 1. The van der Waals surface area contributed by atoms with E-state index in [0.29, 0.717) is 18.3 Å². The fourth-order valence-electron chi connectivity index (χ4n) is 4.33. The molecule has 0 aliphatic carbocycles. The number of rotatable bonds is 6. The molecule has 160 valence electrons. The summed E-state index contributed by atoms with van der Waals surface area (Å²) in [5, 5.41) is 4.41. The number of aromatic nitrogens is 3. The van der Waals surface area contributed by atoms with Gasteiger partial charge < -0.3 is 15.2 Å². The van der Waals surface area contributed by atoms with Crippen LogP contribution in [0.15, 0.2) is 24.3 Å². The molecule has 0 bridgehead atoms. The SMILES string of the molecule is CCOc1cc(CN2CCC[C@H](c3cc(N)n4nc(C)cc4n3)C2)c(C)cc1OC. The maximum atomic E-state index is 6.25. The normalized spacial score (nSPS) is 17.4. The first kappa shape index (κ1) is 20.5. The number of hydrogen-bond acceptors (Lipinski definition) is 6. The molecule has 0 unspecified atom stereocenters. The summed E-state index contributed by atoms with van der Waals surface area (Å²) in [4.78, 5) is 7.36. The van der Waals surface area contributed by atoms with E-state index in [9.17, 15) is 0 Å². The second kappa shape index (κ2) is 8.52. The number of aryl methyl sites for hydroxylation is 2. The number of nitrogens with zero attached hydrogens (tertiary/aromatic N) is 4. The number of fused-ring (bicyclic) bond motifs is 1. The molecule has 1 saturated heterocycles. The van der Waals surface area contributed by atoms with Crippen molar-refractivity contribution in [3.63, 3.8) is 0 Å². The van der Waals surface area contributed by atoms with E-state index in [-0.39, 0.29) is 0 Å². The molecule has 4 rings (SSSR count). The van der Waals surface area contributed by atoms with Crippen LogP contribution >= 0.6 is 0 Å². The Balaban J connectivity index is 1.54. The first-order valence-corrected chi connectivity index (χ1v) is 10.6. The van der Waals surface area contributed by atoms with Crippen LogP contribution in [0.25, 0.3) is 5.65 Å². The van der Waals surface area contributed by atoms with Crippen molar-refractivity contribution in [3.8, 4) is 11.5 Å². The van der Waals surface area contributed by atoms with Crippen LogP contribution in [0.4, 0.5) is 5.82 Å². The number of likely N-dealkylation sites (tertiary alicyclic amines) is 1. The molecule has 1 atom stereocenters. The largest absolute Gasteiger partial charge is 0.493 e. The second-order valence-corrected chi connectivity index (χ2v) is 8.10. The minimum atomic E-state index is 0.367. The van der Waals surface area contributed by atoms with Crippen LogP contribution in [-0.4, -0.2) is 46.3 Å². The van der Waals surface area contributed by atoms with E-state index in [2.05, 4.69) is 29.1 Å². The highest BCUT2D eigenvalue weighted by atomic mass is 16.5. The predicted octanol–water partition coefficient (Wildman–Crippen LogP) is 3.72. The Morgan fingerprint density at radius 3 is 2.77 bits per heavy atom. The van der Waals surface area contributed by atoms with Crippen LogP contribution < -0.4 is 15.2 Å². The van der Waals surface area contributed by atoms with Crippen LogP contribution in [0.3, 0.4) is 0 Å². The van der Waals surface area contributed by atoms with Gasteiger partial charge in [0.05, 0.1) is 25.1 Å². The Kier molecular flexibility index (Phi) is 5.81. The fourth-order valence-corrected chi connectivity index (χ4v) is 4.33. The standard InChI is InChI=1S/C23H31N5O2/c1-5-30-21-11-18(15(2)9-20(21)29-4)14-27-8-6-7-17(13-27)19-12-22(24)28-23(25-19)10-16(3)26-28/h9-12,17H,5-8,13-14,24H2,1-4H3/t17-/m0/s1. The van der Waals surface area contributed by atoms with Gasteiger partial charge in [-0.25, -0.2) is 4.98 Å². The number of nitrogen functional groups attached to an aromatic ring is 1. The van der Waals surface area contributed by atoms with Gasteiger partial charge in [0.25, 0.3) is 0 Å². The summed E-state index contributed by atoms with van der Waals surface area (Å²) in [5.41, 5.74) is 11.6. The molecule has 3 heterocycles. The van der Waals surface area contributed by atoms with Crippen molar-refractivity contribution < 1.29 is 9.47 Å². The van der Waals surface area contributed by atoms with Crippen molar-refractivity contribution in [1.29, 1.82) is 0 Å². The van der Waals surface area contributed by atoms with Crippen LogP contribution in [0.1, 0.15) is 48.2 Å². The average Bonchev–Trinajstić information content (AvgIpc) is 3.11. The topological polar surface area (TPSA) is 77.9 Å². The number of methoxy groups -OCH3 is 1.